The fourth-order valence-electron chi connectivity index (χ4n) is 2.53. The number of unbranched alkanes of at least 4 members (excludes halogenated alkanes) is 1. The molecule has 0 radical (unpaired) electrons. The average molecular weight is 223 g/mol. The topological polar surface area (TPSA) is 29.1 Å². The summed E-state index contributed by atoms with van der Waals surface area (Å²) in [5, 5.41) is 3.15. The number of amides is 1. The molecule has 0 aromatic heterocycles. The summed E-state index contributed by atoms with van der Waals surface area (Å²) < 4.78 is 0. The molecule has 2 atom stereocenters. The fourth-order valence-corrected chi connectivity index (χ4v) is 2.53. The zero-order valence-electron chi connectivity index (χ0n) is 10.9. The highest BCUT2D eigenvalue weighted by Crippen LogP contribution is 2.29. The lowest BCUT2D eigenvalue weighted by atomic mass is 9.97. The Morgan fingerprint density at radius 1 is 1.38 bits per heavy atom. The van der Waals surface area contributed by atoms with Gasteiger partial charge in [0.05, 0.1) is 0 Å². The fraction of sp³-hybridized carbons (Fsp3) is 0.786. The Bertz CT molecular complexity index is 253. The van der Waals surface area contributed by atoms with Crippen LogP contribution in [0.25, 0.3) is 0 Å². The van der Waals surface area contributed by atoms with Gasteiger partial charge in [-0.15, -0.1) is 0 Å². The number of hydrogen-bond acceptors (Lipinski definition) is 1. The molecule has 0 aromatic carbocycles. The Labute approximate surface area is 99.5 Å². The van der Waals surface area contributed by atoms with Gasteiger partial charge in [0, 0.05) is 12.1 Å². The van der Waals surface area contributed by atoms with Gasteiger partial charge in [0.25, 0.3) is 0 Å². The van der Waals surface area contributed by atoms with Gasteiger partial charge in [0.2, 0.25) is 5.91 Å². The van der Waals surface area contributed by atoms with E-state index in [-0.39, 0.29) is 5.91 Å². The smallest absolute Gasteiger partial charge is 0.244 e. The summed E-state index contributed by atoms with van der Waals surface area (Å²) in [5.74, 6) is 0.808. The van der Waals surface area contributed by atoms with Gasteiger partial charge in [-0.2, -0.15) is 0 Å². The highest BCUT2D eigenvalue weighted by molar-refractivity contribution is 5.88. The number of hydrogen-bond donors (Lipinski definition) is 1. The van der Waals surface area contributed by atoms with E-state index in [4.69, 9.17) is 0 Å². The molecule has 2 nitrogen and oxygen atoms in total. The van der Waals surface area contributed by atoms with Crippen LogP contribution in [0.2, 0.25) is 0 Å². The van der Waals surface area contributed by atoms with Gasteiger partial charge in [-0.3, -0.25) is 4.79 Å². The quantitative estimate of drug-likeness (QED) is 0.711. The first-order valence-electron chi connectivity index (χ1n) is 6.59. The lowest BCUT2D eigenvalue weighted by Crippen LogP contribution is -2.36. The first-order chi connectivity index (χ1) is 7.63. The predicted molar refractivity (Wildman–Crippen MR) is 68.2 cm³/mol. The van der Waals surface area contributed by atoms with E-state index in [1.807, 2.05) is 13.8 Å². The Morgan fingerprint density at radius 2 is 2.12 bits per heavy atom. The van der Waals surface area contributed by atoms with Crippen LogP contribution in [0.3, 0.4) is 0 Å². The maximum Gasteiger partial charge on any atom is 0.244 e. The third kappa shape index (κ3) is 4.38. The molecule has 1 fully saturated rings. The molecule has 16 heavy (non-hydrogen) atoms. The molecule has 1 aliphatic carbocycles. The molecule has 0 spiro atoms. The normalized spacial score (nSPS) is 24.2. The molecule has 0 saturated heterocycles. The lowest BCUT2D eigenvalue weighted by Gasteiger charge is -2.20. The van der Waals surface area contributed by atoms with E-state index in [9.17, 15) is 4.79 Å². The Balaban J connectivity index is 2.40. The molecule has 1 rings (SSSR count). The first kappa shape index (κ1) is 13.3. The van der Waals surface area contributed by atoms with E-state index in [0.29, 0.717) is 6.04 Å². The highest BCUT2D eigenvalue weighted by Gasteiger charge is 2.27. The second-order valence-electron chi connectivity index (χ2n) is 5.17. The average Bonchev–Trinajstić information content (AvgIpc) is 2.61. The van der Waals surface area contributed by atoms with Crippen LogP contribution in [0.15, 0.2) is 11.6 Å². The maximum absolute atomic E-state index is 11.6. The van der Waals surface area contributed by atoms with Crippen molar-refractivity contribution in [2.24, 2.45) is 5.92 Å². The second-order valence-corrected chi connectivity index (χ2v) is 5.17. The van der Waals surface area contributed by atoms with E-state index in [2.05, 4.69) is 12.2 Å². The Kier molecular flexibility index (Phi) is 5.58. The molecule has 1 saturated carbocycles. The number of rotatable bonds is 5. The number of carbonyl (C=O) groups is 1. The van der Waals surface area contributed by atoms with Crippen molar-refractivity contribution in [2.45, 2.75) is 65.3 Å². The van der Waals surface area contributed by atoms with E-state index in [1.54, 1.807) is 6.08 Å². The van der Waals surface area contributed by atoms with Gasteiger partial charge in [-0.05, 0) is 39.0 Å². The summed E-state index contributed by atoms with van der Waals surface area (Å²) in [5.41, 5.74) is 1.07. The van der Waals surface area contributed by atoms with Crippen molar-refractivity contribution in [1.82, 2.24) is 5.32 Å². The van der Waals surface area contributed by atoms with Crippen LogP contribution in [0.1, 0.15) is 59.3 Å². The third-order valence-corrected chi connectivity index (χ3v) is 3.33. The van der Waals surface area contributed by atoms with Crippen molar-refractivity contribution in [3.05, 3.63) is 11.6 Å². The predicted octanol–water partition coefficient (Wildman–Crippen LogP) is 3.43. The minimum absolute atomic E-state index is 0.0911. The summed E-state index contributed by atoms with van der Waals surface area (Å²) >= 11 is 0. The molecule has 0 bridgehead atoms. The SMILES string of the molecule is CCCCC1CCCC1NC(=O)C=C(C)C. The molecule has 0 heterocycles. The Hall–Kier alpha value is -0.790. The monoisotopic (exact) mass is 223 g/mol. The van der Waals surface area contributed by atoms with Crippen molar-refractivity contribution in [2.75, 3.05) is 0 Å². The van der Waals surface area contributed by atoms with E-state index in [0.717, 1.165) is 17.9 Å². The molecule has 1 aliphatic rings. The van der Waals surface area contributed by atoms with Crippen LogP contribution >= 0.6 is 0 Å². The van der Waals surface area contributed by atoms with Crippen LogP contribution in [-0.4, -0.2) is 11.9 Å². The van der Waals surface area contributed by atoms with Crippen molar-refractivity contribution in [1.29, 1.82) is 0 Å². The molecule has 1 amide bonds. The number of nitrogens with one attached hydrogen (secondary N) is 1. The van der Waals surface area contributed by atoms with Crippen LogP contribution in [0.5, 0.6) is 0 Å². The molecule has 0 aromatic rings. The van der Waals surface area contributed by atoms with Gasteiger partial charge in [0.15, 0.2) is 0 Å². The molecule has 92 valence electrons. The number of carbonyl (C=O) groups excluding carboxylic acids is 1. The van der Waals surface area contributed by atoms with Crippen molar-refractivity contribution in [3.63, 3.8) is 0 Å². The van der Waals surface area contributed by atoms with Gasteiger partial charge in [-0.1, -0.05) is 31.8 Å². The van der Waals surface area contributed by atoms with Gasteiger partial charge in [-0.25, -0.2) is 0 Å². The molecular weight excluding hydrogens is 198 g/mol. The standard InChI is InChI=1S/C14H25NO/c1-4-5-7-12-8-6-9-13(12)15-14(16)10-11(2)3/h10,12-13H,4-9H2,1-3H3,(H,15,16). The summed E-state index contributed by atoms with van der Waals surface area (Å²) in [6, 6.07) is 0.426. The molecule has 1 N–H and O–H groups in total. The van der Waals surface area contributed by atoms with Crippen molar-refractivity contribution >= 4 is 5.91 Å². The summed E-state index contributed by atoms with van der Waals surface area (Å²) in [7, 11) is 0. The Morgan fingerprint density at radius 3 is 2.75 bits per heavy atom. The first-order valence-corrected chi connectivity index (χ1v) is 6.59. The molecule has 0 aliphatic heterocycles. The van der Waals surface area contributed by atoms with Crippen LogP contribution in [0, 0.1) is 5.92 Å². The van der Waals surface area contributed by atoms with Gasteiger partial charge in [0.1, 0.15) is 0 Å². The minimum atomic E-state index is 0.0911. The molecule has 2 heteroatoms. The molecule has 2 unspecified atom stereocenters. The zero-order chi connectivity index (χ0) is 12.0. The maximum atomic E-state index is 11.6. The van der Waals surface area contributed by atoms with E-state index >= 15 is 0 Å². The summed E-state index contributed by atoms with van der Waals surface area (Å²) in [4.78, 5) is 11.6. The van der Waals surface area contributed by atoms with Crippen LogP contribution in [0.4, 0.5) is 0 Å². The van der Waals surface area contributed by atoms with Crippen LogP contribution in [-0.2, 0) is 4.79 Å². The summed E-state index contributed by atoms with van der Waals surface area (Å²) in [6.45, 7) is 6.15. The van der Waals surface area contributed by atoms with Crippen LogP contribution < -0.4 is 5.32 Å². The molecular formula is C14H25NO. The van der Waals surface area contributed by atoms with Gasteiger partial charge >= 0.3 is 0 Å². The third-order valence-electron chi connectivity index (χ3n) is 3.33. The van der Waals surface area contributed by atoms with E-state index in [1.165, 1.54) is 32.1 Å². The number of allylic oxidation sites excluding steroid dienone is 1. The van der Waals surface area contributed by atoms with Gasteiger partial charge < -0.3 is 5.32 Å². The summed E-state index contributed by atoms with van der Waals surface area (Å²) in [6.07, 6.45) is 9.25. The van der Waals surface area contributed by atoms with Crippen molar-refractivity contribution in [3.8, 4) is 0 Å². The second kappa shape index (κ2) is 6.72. The van der Waals surface area contributed by atoms with E-state index < -0.39 is 0 Å². The zero-order valence-corrected chi connectivity index (χ0v) is 10.9. The largest absolute Gasteiger partial charge is 0.350 e. The lowest BCUT2D eigenvalue weighted by molar-refractivity contribution is -0.117. The highest BCUT2D eigenvalue weighted by atomic mass is 16.1. The minimum Gasteiger partial charge on any atom is -0.350 e. The van der Waals surface area contributed by atoms with Crippen molar-refractivity contribution < 1.29 is 4.79 Å².